The third kappa shape index (κ3) is 3.43. The summed E-state index contributed by atoms with van der Waals surface area (Å²) in [7, 11) is 1.51. The summed E-state index contributed by atoms with van der Waals surface area (Å²) >= 11 is 5.96. The molecule has 0 radical (unpaired) electrons. The Kier molecular flexibility index (Phi) is 4.77. The second-order valence-corrected chi connectivity index (χ2v) is 4.80. The average Bonchev–Trinajstić information content (AvgIpc) is 2.52. The predicted octanol–water partition coefficient (Wildman–Crippen LogP) is 4.32. The van der Waals surface area contributed by atoms with Crippen LogP contribution in [0, 0.1) is 21.4 Å². The third-order valence-corrected chi connectivity index (χ3v) is 3.22. The lowest BCUT2D eigenvalue weighted by molar-refractivity contribution is -0.384. The van der Waals surface area contributed by atoms with E-state index in [1.54, 1.807) is 30.3 Å². The Bertz CT molecular complexity index is 794. The van der Waals surface area contributed by atoms with E-state index in [0.717, 1.165) is 0 Å². The molecule has 0 spiro atoms. The number of hydrogen-bond acceptors (Lipinski definition) is 4. The first-order chi connectivity index (χ1) is 10.5. The zero-order valence-corrected chi connectivity index (χ0v) is 12.4. The van der Waals surface area contributed by atoms with E-state index in [9.17, 15) is 15.4 Å². The van der Waals surface area contributed by atoms with E-state index in [1.165, 1.54) is 25.3 Å². The zero-order valence-electron chi connectivity index (χ0n) is 11.6. The lowest BCUT2D eigenvalue weighted by Crippen LogP contribution is -1.91. The second-order valence-electron chi connectivity index (χ2n) is 4.36. The summed E-state index contributed by atoms with van der Waals surface area (Å²) in [6, 6.07) is 13.0. The summed E-state index contributed by atoms with van der Waals surface area (Å²) in [5.74, 6) is 0.558. The number of rotatable bonds is 4. The topological polar surface area (TPSA) is 76.2 Å². The first-order valence-electron chi connectivity index (χ1n) is 6.25. The van der Waals surface area contributed by atoms with Crippen LogP contribution in [0.15, 0.2) is 42.5 Å². The van der Waals surface area contributed by atoms with Crippen LogP contribution in [0.4, 0.5) is 5.69 Å². The molecule has 0 amide bonds. The summed E-state index contributed by atoms with van der Waals surface area (Å²) in [6.45, 7) is 0. The number of methoxy groups -OCH3 is 1. The number of nitriles is 1. The van der Waals surface area contributed by atoms with E-state index >= 15 is 0 Å². The summed E-state index contributed by atoms with van der Waals surface area (Å²) in [6.07, 6.45) is 1.59. The first kappa shape index (κ1) is 15.5. The van der Waals surface area contributed by atoms with Crippen molar-refractivity contribution >= 4 is 28.9 Å². The van der Waals surface area contributed by atoms with E-state index in [-0.39, 0.29) is 11.3 Å². The van der Waals surface area contributed by atoms with E-state index in [4.69, 9.17) is 16.3 Å². The highest BCUT2D eigenvalue weighted by molar-refractivity contribution is 6.30. The highest BCUT2D eigenvalue weighted by Crippen LogP contribution is 2.28. The maximum absolute atomic E-state index is 10.8. The number of allylic oxidation sites excluding steroid dienone is 1. The summed E-state index contributed by atoms with van der Waals surface area (Å²) in [5.41, 5.74) is 1.29. The molecule has 0 fully saturated rings. The van der Waals surface area contributed by atoms with Crippen LogP contribution in [0.3, 0.4) is 0 Å². The highest BCUT2D eigenvalue weighted by Gasteiger charge is 2.10. The zero-order chi connectivity index (χ0) is 16.1. The molecule has 0 saturated heterocycles. The SMILES string of the molecule is COc1ccc(Cl)cc1C=C(C#N)c1cccc([N+](=O)[O-])c1. The van der Waals surface area contributed by atoms with E-state index in [1.807, 2.05) is 6.07 Å². The fourth-order valence-electron chi connectivity index (χ4n) is 1.94. The first-order valence-corrected chi connectivity index (χ1v) is 6.63. The van der Waals surface area contributed by atoms with Crippen LogP contribution in [0.25, 0.3) is 11.6 Å². The molecule has 22 heavy (non-hydrogen) atoms. The van der Waals surface area contributed by atoms with Crippen molar-refractivity contribution in [3.8, 4) is 11.8 Å². The monoisotopic (exact) mass is 314 g/mol. The number of hydrogen-bond donors (Lipinski definition) is 0. The van der Waals surface area contributed by atoms with Gasteiger partial charge in [-0.2, -0.15) is 5.26 Å². The van der Waals surface area contributed by atoms with Crippen LogP contribution in [0.1, 0.15) is 11.1 Å². The molecule has 0 atom stereocenters. The Balaban J connectivity index is 2.53. The minimum Gasteiger partial charge on any atom is -0.496 e. The number of halogens is 1. The van der Waals surface area contributed by atoms with Crippen LogP contribution in [0.5, 0.6) is 5.75 Å². The Morgan fingerprint density at radius 1 is 1.36 bits per heavy atom. The van der Waals surface area contributed by atoms with Crippen molar-refractivity contribution in [2.24, 2.45) is 0 Å². The van der Waals surface area contributed by atoms with Gasteiger partial charge in [0.25, 0.3) is 5.69 Å². The molecule has 110 valence electrons. The van der Waals surface area contributed by atoms with Gasteiger partial charge in [-0.25, -0.2) is 0 Å². The van der Waals surface area contributed by atoms with Crippen molar-refractivity contribution in [2.75, 3.05) is 7.11 Å². The van der Waals surface area contributed by atoms with Crippen LogP contribution in [-0.2, 0) is 0 Å². The molecule has 0 aliphatic rings. The molecular formula is C16H11ClN2O3. The van der Waals surface area contributed by atoms with Crippen LogP contribution in [-0.4, -0.2) is 12.0 Å². The molecule has 0 N–H and O–H groups in total. The molecule has 0 unspecified atom stereocenters. The smallest absolute Gasteiger partial charge is 0.270 e. The highest BCUT2D eigenvalue weighted by atomic mass is 35.5. The molecule has 2 aromatic carbocycles. The fourth-order valence-corrected chi connectivity index (χ4v) is 2.12. The number of nitro groups is 1. The van der Waals surface area contributed by atoms with Crippen molar-refractivity contribution in [1.82, 2.24) is 0 Å². The number of nitro benzene ring substituents is 1. The Labute approximate surface area is 132 Å². The molecule has 2 aromatic rings. The Hall–Kier alpha value is -2.84. The van der Waals surface area contributed by atoms with Gasteiger partial charge in [-0.15, -0.1) is 0 Å². The molecule has 0 saturated carbocycles. The maximum atomic E-state index is 10.8. The summed E-state index contributed by atoms with van der Waals surface area (Å²) in [4.78, 5) is 10.3. The number of nitrogens with zero attached hydrogens (tertiary/aromatic N) is 2. The van der Waals surface area contributed by atoms with Gasteiger partial charge in [-0.1, -0.05) is 23.7 Å². The fraction of sp³-hybridized carbons (Fsp3) is 0.0625. The van der Waals surface area contributed by atoms with Crippen LogP contribution >= 0.6 is 11.6 Å². The van der Waals surface area contributed by atoms with Gasteiger partial charge in [-0.3, -0.25) is 10.1 Å². The van der Waals surface area contributed by atoms with Gasteiger partial charge in [0.2, 0.25) is 0 Å². The largest absolute Gasteiger partial charge is 0.496 e. The van der Waals surface area contributed by atoms with Crippen molar-refractivity contribution in [3.63, 3.8) is 0 Å². The molecule has 0 aliphatic heterocycles. The number of ether oxygens (including phenoxy) is 1. The van der Waals surface area contributed by atoms with E-state index in [2.05, 4.69) is 0 Å². The van der Waals surface area contributed by atoms with Gasteiger partial charge < -0.3 is 4.74 Å². The standard InChI is InChI=1S/C16H11ClN2O3/c1-22-16-6-5-14(17)8-12(16)7-13(10-18)11-3-2-4-15(9-11)19(20)21/h2-9H,1H3. The number of non-ortho nitro benzene ring substituents is 1. The van der Waals surface area contributed by atoms with Crippen molar-refractivity contribution in [3.05, 3.63) is 68.7 Å². The molecule has 0 aliphatic carbocycles. The van der Waals surface area contributed by atoms with Crippen LogP contribution in [0.2, 0.25) is 5.02 Å². The average molecular weight is 315 g/mol. The van der Waals surface area contributed by atoms with Gasteiger partial charge in [0.05, 0.1) is 23.7 Å². The lowest BCUT2D eigenvalue weighted by atomic mass is 10.0. The number of benzene rings is 2. The minimum absolute atomic E-state index is 0.0725. The molecular weight excluding hydrogens is 304 g/mol. The van der Waals surface area contributed by atoms with Crippen molar-refractivity contribution in [1.29, 1.82) is 5.26 Å². The lowest BCUT2D eigenvalue weighted by Gasteiger charge is -2.06. The van der Waals surface area contributed by atoms with Crippen molar-refractivity contribution < 1.29 is 9.66 Å². The summed E-state index contributed by atoms with van der Waals surface area (Å²) < 4.78 is 5.22. The van der Waals surface area contributed by atoms with Crippen molar-refractivity contribution in [2.45, 2.75) is 0 Å². The molecule has 0 bridgehead atoms. The van der Waals surface area contributed by atoms with E-state index in [0.29, 0.717) is 21.9 Å². The van der Waals surface area contributed by atoms with Gasteiger partial charge in [0, 0.05) is 22.7 Å². The quantitative estimate of drug-likeness (QED) is 0.364. The molecule has 5 nitrogen and oxygen atoms in total. The van der Waals surface area contributed by atoms with Gasteiger partial charge in [0.15, 0.2) is 0 Å². The second kappa shape index (κ2) is 6.74. The molecule has 2 rings (SSSR count). The predicted molar refractivity (Wildman–Crippen MR) is 84.6 cm³/mol. The Morgan fingerprint density at radius 2 is 2.14 bits per heavy atom. The summed E-state index contributed by atoms with van der Waals surface area (Å²) in [5, 5.41) is 20.7. The Morgan fingerprint density at radius 3 is 2.77 bits per heavy atom. The van der Waals surface area contributed by atoms with Gasteiger partial charge in [0.1, 0.15) is 5.75 Å². The molecule has 0 heterocycles. The van der Waals surface area contributed by atoms with E-state index < -0.39 is 4.92 Å². The normalized spacial score (nSPS) is 10.9. The third-order valence-electron chi connectivity index (χ3n) is 2.98. The maximum Gasteiger partial charge on any atom is 0.270 e. The molecule has 0 aromatic heterocycles. The van der Waals surface area contributed by atoms with Gasteiger partial charge in [-0.05, 0) is 29.8 Å². The van der Waals surface area contributed by atoms with Crippen LogP contribution < -0.4 is 4.74 Å². The molecule has 6 heteroatoms. The van der Waals surface area contributed by atoms with Gasteiger partial charge >= 0.3 is 0 Å². The minimum atomic E-state index is -0.502.